The van der Waals surface area contributed by atoms with Crippen molar-refractivity contribution < 1.29 is 9.53 Å². The Morgan fingerprint density at radius 3 is 2.49 bits per heavy atom. The second-order valence-electron chi connectivity index (χ2n) is 9.89. The summed E-state index contributed by atoms with van der Waals surface area (Å²) in [6.45, 7) is 10.8. The lowest BCUT2D eigenvalue weighted by Gasteiger charge is -2.20. The first kappa shape index (κ1) is 30.0. The van der Waals surface area contributed by atoms with Crippen LogP contribution in [-0.4, -0.2) is 55.2 Å². The van der Waals surface area contributed by atoms with E-state index in [4.69, 9.17) is 9.97 Å². The van der Waals surface area contributed by atoms with E-state index < -0.39 is 0 Å². The summed E-state index contributed by atoms with van der Waals surface area (Å²) in [5.74, 6) is 2.85. The summed E-state index contributed by atoms with van der Waals surface area (Å²) in [7, 11) is 5.17. The predicted octanol–water partition coefficient (Wildman–Crippen LogP) is 5.70. The Morgan fingerprint density at radius 1 is 1.10 bits per heavy atom. The predicted molar refractivity (Wildman–Crippen MR) is 159 cm³/mol. The van der Waals surface area contributed by atoms with E-state index >= 15 is 0 Å². The van der Waals surface area contributed by atoms with Gasteiger partial charge < -0.3 is 25.2 Å². The number of rotatable bonds is 6. The fourth-order valence-corrected chi connectivity index (χ4v) is 4.63. The number of methoxy groups -OCH3 is 1. The molecule has 0 spiro atoms. The highest BCUT2D eigenvalue weighted by atomic mass is 16.4. The molecule has 5 rings (SSSR count). The third kappa shape index (κ3) is 7.52. The minimum absolute atomic E-state index is 0.197. The second kappa shape index (κ2) is 14.6. The van der Waals surface area contributed by atoms with Gasteiger partial charge in [0, 0.05) is 69.3 Å². The molecule has 210 valence electrons. The number of fused-ring (bicyclic) bond motifs is 1. The number of aromatic nitrogens is 3. The topological polar surface area (TPSA) is 95.5 Å². The molecule has 1 saturated heterocycles. The molecule has 3 aromatic rings. The standard InChI is InChI=1S/C25H29N7O.C3H8.C2H6O/c1-16-12-18(9-10-21(16)31-11-5-8-23(31)33)29-25-27-14-20-17(2)15-32(24(20)30-25)22-7-4-6-19(28-22)13-26-3;2*1-3-2/h4,6-7,9-10,12,14,17,26H,5,8,11,13,15H2,1-3H3,(H,27,29,30);3H2,1-2H3;1-2H3. The maximum atomic E-state index is 12.1. The summed E-state index contributed by atoms with van der Waals surface area (Å²) in [5.41, 5.74) is 5.05. The normalized spacial score (nSPS) is 15.8. The molecular weight excluding hydrogens is 490 g/mol. The Balaban J connectivity index is 0.000000643. The van der Waals surface area contributed by atoms with Crippen LogP contribution >= 0.6 is 0 Å². The van der Waals surface area contributed by atoms with Crippen LogP contribution in [0.2, 0.25) is 0 Å². The molecule has 39 heavy (non-hydrogen) atoms. The Hall–Kier alpha value is -3.56. The van der Waals surface area contributed by atoms with E-state index in [1.165, 1.54) is 6.42 Å². The highest BCUT2D eigenvalue weighted by Crippen LogP contribution is 2.39. The zero-order chi connectivity index (χ0) is 28.4. The van der Waals surface area contributed by atoms with E-state index in [-0.39, 0.29) is 5.91 Å². The third-order valence-electron chi connectivity index (χ3n) is 6.28. The van der Waals surface area contributed by atoms with Gasteiger partial charge in [0.15, 0.2) is 0 Å². The molecule has 1 fully saturated rings. The molecule has 4 heterocycles. The van der Waals surface area contributed by atoms with Gasteiger partial charge in [0.05, 0.1) is 5.69 Å². The molecule has 2 aliphatic heterocycles. The summed E-state index contributed by atoms with van der Waals surface area (Å²) in [5, 5.41) is 6.50. The van der Waals surface area contributed by atoms with Crippen LogP contribution in [0.5, 0.6) is 0 Å². The number of carbonyl (C=O) groups excluding carboxylic acids is 1. The van der Waals surface area contributed by atoms with Crippen molar-refractivity contribution in [3.05, 3.63) is 59.4 Å². The van der Waals surface area contributed by atoms with Crippen LogP contribution in [0.25, 0.3) is 0 Å². The first-order valence-electron chi connectivity index (χ1n) is 13.7. The highest BCUT2D eigenvalue weighted by molar-refractivity contribution is 5.96. The first-order chi connectivity index (χ1) is 18.9. The lowest BCUT2D eigenvalue weighted by atomic mass is 10.1. The molecule has 2 aromatic heterocycles. The van der Waals surface area contributed by atoms with Crippen molar-refractivity contribution >= 4 is 34.9 Å². The first-order valence-corrected chi connectivity index (χ1v) is 13.7. The molecule has 9 heteroatoms. The van der Waals surface area contributed by atoms with Gasteiger partial charge in [-0.05, 0) is 56.3 Å². The summed E-state index contributed by atoms with van der Waals surface area (Å²) in [6, 6.07) is 12.1. The van der Waals surface area contributed by atoms with Gasteiger partial charge in [0.25, 0.3) is 0 Å². The van der Waals surface area contributed by atoms with Crippen molar-refractivity contribution in [1.82, 2.24) is 20.3 Å². The Bertz CT molecular complexity index is 1230. The Morgan fingerprint density at radius 2 is 1.85 bits per heavy atom. The molecule has 2 N–H and O–H groups in total. The van der Waals surface area contributed by atoms with Gasteiger partial charge in [-0.2, -0.15) is 4.98 Å². The molecule has 9 nitrogen and oxygen atoms in total. The van der Waals surface area contributed by atoms with Crippen molar-refractivity contribution in [2.45, 2.75) is 59.4 Å². The summed E-state index contributed by atoms with van der Waals surface area (Å²) >= 11 is 0. The number of anilines is 5. The number of benzene rings is 1. The zero-order valence-corrected chi connectivity index (χ0v) is 24.4. The molecule has 1 aromatic carbocycles. The molecular formula is C30H43N7O2. The smallest absolute Gasteiger partial charge is 0.229 e. The van der Waals surface area contributed by atoms with E-state index in [1.54, 1.807) is 14.2 Å². The average Bonchev–Trinajstić information content (AvgIpc) is 3.48. The van der Waals surface area contributed by atoms with Crippen LogP contribution in [0.3, 0.4) is 0 Å². The van der Waals surface area contributed by atoms with Crippen LogP contribution in [-0.2, 0) is 16.1 Å². The molecule has 0 aliphatic carbocycles. The number of nitrogens with one attached hydrogen (secondary N) is 2. The molecule has 2 aliphatic rings. The number of ether oxygens (including phenoxy) is 1. The summed E-state index contributed by atoms with van der Waals surface area (Å²) in [4.78, 5) is 30.4. The number of aryl methyl sites for hydroxylation is 1. The van der Waals surface area contributed by atoms with E-state index in [2.05, 4.69) is 46.0 Å². The molecule has 0 radical (unpaired) electrons. The number of carbonyl (C=O) groups is 1. The van der Waals surface area contributed by atoms with Gasteiger partial charge in [0.2, 0.25) is 11.9 Å². The summed E-state index contributed by atoms with van der Waals surface area (Å²) < 4.78 is 4.25. The Labute approximate surface area is 233 Å². The van der Waals surface area contributed by atoms with Crippen molar-refractivity contribution in [3.8, 4) is 0 Å². The monoisotopic (exact) mass is 533 g/mol. The molecule has 1 unspecified atom stereocenters. The minimum Gasteiger partial charge on any atom is -0.388 e. The number of hydrogen-bond acceptors (Lipinski definition) is 8. The second-order valence-corrected chi connectivity index (χ2v) is 9.89. The van der Waals surface area contributed by atoms with Crippen LogP contribution in [0.15, 0.2) is 42.6 Å². The average molecular weight is 534 g/mol. The fraction of sp³-hybridized carbons (Fsp3) is 0.467. The SMILES string of the molecule is CCC.CNCc1cccc(N2CC(C)c3cnc(Nc4ccc(N5CCCC5=O)c(C)c4)nc32)n1.COC. The van der Waals surface area contributed by atoms with Gasteiger partial charge in [-0.3, -0.25) is 4.79 Å². The van der Waals surface area contributed by atoms with Crippen LogP contribution in [0.4, 0.5) is 29.0 Å². The van der Waals surface area contributed by atoms with Crippen molar-refractivity contribution in [1.29, 1.82) is 0 Å². The van der Waals surface area contributed by atoms with Crippen molar-refractivity contribution in [3.63, 3.8) is 0 Å². The van der Waals surface area contributed by atoms with Crippen LogP contribution < -0.4 is 20.4 Å². The van der Waals surface area contributed by atoms with Gasteiger partial charge in [-0.15, -0.1) is 0 Å². The van der Waals surface area contributed by atoms with Crippen molar-refractivity contribution in [2.24, 2.45) is 0 Å². The number of pyridine rings is 1. The van der Waals surface area contributed by atoms with E-state index in [1.807, 2.05) is 61.5 Å². The number of hydrogen-bond donors (Lipinski definition) is 2. The van der Waals surface area contributed by atoms with Crippen molar-refractivity contribution in [2.75, 3.05) is 49.5 Å². The molecule has 1 amide bonds. The van der Waals surface area contributed by atoms with Gasteiger partial charge in [-0.1, -0.05) is 33.3 Å². The maximum Gasteiger partial charge on any atom is 0.229 e. The minimum atomic E-state index is 0.197. The third-order valence-corrected chi connectivity index (χ3v) is 6.28. The molecule has 0 bridgehead atoms. The van der Waals surface area contributed by atoms with Gasteiger partial charge in [0.1, 0.15) is 11.6 Å². The quantitative estimate of drug-likeness (QED) is 0.416. The van der Waals surface area contributed by atoms with Crippen LogP contribution in [0, 0.1) is 6.92 Å². The van der Waals surface area contributed by atoms with Gasteiger partial charge >= 0.3 is 0 Å². The lowest BCUT2D eigenvalue weighted by Crippen LogP contribution is -2.24. The maximum absolute atomic E-state index is 12.1. The van der Waals surface area contributed by atoms with Crippen LogP contribution in [0.1, 0.15) is 62.8 Å². The summed E-state index contributed by atoms with van der Waals surface area (Å²) in [6.07, 6.45) is 4.71. The largest absolute Gasteiger partial charge is 0.388 e. The number of nitrogens with zero attached hydrogens (tertiary/aromatic N) is 5. The highest BCUT2D eigenvalue weighted by Gasteiger charge is 2.30. The Kier molecular flexibility index (Phi) is 11.2. The number of amides is 1. The lowest BCUT2D eigenvalue weighted by molar-refractivity contribution is -0.117. The van der Waals surface area contributed by atoms with E-state index in [0.717, 1.165) is 65.9 Å². The van der Waals surface area contributed by atoms with Gasteiger partial charge in [-0.25, -0.2) is 9.97 Å². The fourth-order valence-electron chi connectivity index (χ4n) is 4.63. The van der Waals surface area contributed by atoms with E-state index in [0.29, 0.717) is 18.3 Å². The molecule has 0 saturated carbocycles. The zero-order valence-electron chi connectivity index (χ0n) is 24.4. The molecule has 1 atom stereocenters. The van der Waals surface area contributed by atoms with E-state index in [9.17, 15) is 4.79 Å².